The summed E-state index contributed by atoms with van der Waals surface area (Å²) >= 11 is 0. The van der Waals surface area contributed by atoms with Gasteiger partial charge in [-0.1, -0.05) is 6.07 Å². The third-order valence-corrected chi connectivity index (χ3v) is 3.19. The molecule has 0 atom stereocenters. The lowest BCUT2D eigenvalue weighted by Crippen LogP contribution is -2.00. The number of halogens is 1. The van der Waals surface area contributed by atoms with Crippen molar-refractivity contribution in [1.29, 1.82) is 5.26 Å². The molecule has 0 fully saturated rings. The van der Waals surface area contributed by atoms with E-state index in [4.69, 9.17) is 14.7 Å². The normalized spacial score (nSPS) is 10.0. The van der Waals surface area contributed by atoms with Gasteiger partial charge in [0.2, 0.25) is 0 Å². The van der Waals surface area contributed by atoms with Gasteiger partial charge in [0, 0.05) is 0 Å². The summed E-state index contributed by atoms with van der Waals surface area (Å²) in [6.45, 7) is 4.03. The molecule has 0 aliphatic carbocycles. The first kappa shape index (κ1) is 14.9. The summed E-state index contributed by atoms with van der Waals surface area (Å²) in [4.78, 5) is 0. The summed E-state index contributed by atoms with van der Waals surface area (Å²) in [5.74, 6) is 0.529. The average molecular weight is 285 g/mol. The molecule has 0 bridgehead atoms. The Morgan fingerprint density at radius 1 is 1.14 bits per heavy atom. The molecule has 0 spiro atoms. The second-order valence-corrected chi connectivity index (χ2v) is 4.81. The first-order valence-corrected chi connectivity index (χ1v) is 6.51. The second-order valence-electron chi connectivity index (χ2n) is 4.81. The maximum atomic E-state index is 13.6. The van der Waals surface area contributed by atoms with E-state index in [9.17, 15) is 4.39 Å². The van der Waals surface area contributed by atoms with E-state index >= 15 is 0 Å². The standard InChI is InChI=1S/C17H16FNO2/c1-11-6-14(9-19)7-12(2)17(11)21-10-13-4-5-16(20-3)15(18)8-13/h4-8H,10H2,1-3H3. The molecule has 0 aliphatic heterocycles. The lowest BCUT2D eigenvalue weighted by atomic mass is 10.1. The Balaban J connectivity index is 2.17. The van der Waals surface area contributed by atoms with Gasteiger partial charge in [-0.3, -0.25) is 0 Å². The van der Waals surface area contributed by atoms with Gasteiger partial charge in [0.25, 0.3) is 0 Å². The van der Waals surface area contributed by atoms with Crippen LogP contribution in [-0.4, -0.2) is 7.11 Å². The SMILES string of the molecule is COc1ccc(COc2c(C)cc(C#N)cc2C)cc1F. The van der Waals surface area contributed by atoms with Gasteiger partial charge >= 0.3 is 0 Å². The van der Waals surface area contributed by atoms with Gasteiger partial charge in [0.15, 0.2) is 11.6 Å². The minimum absolute atomic E-state index is 0.212. The fraction of sp³-hybridized carbons (Fsp3) is 0.235. The smallest absolute Gasteiger partial charge is 0.165 e. The molecule has 0 unspecified atom stereocenters. The summed E-state index contributed by atoms with van der Waals surface area (Å²) in [5, 5.41) is 8.92. The van der Waals surface area contributed by atoms with Gasteiger partial charge < -0.3 is 9.47 Å². The fourth-order valence-electron chi connectivity index (χ4n) is 2.20. The number of hydrogen-bond donors (Lipinski definition) is 0. The number of ether oxygens (including phenoxy) is 2. The highest BCUT2D eigenvalue weighted by atomic mass is 19.1. The van der Waals surface area contributed by atoms with Gasteiger partial charge in [-0.2, -0.15) is 5.26 Å². The summed E-state index contributed by atoms with van der Waals surface area (Å²) in [7, 11) is 1.43. The van der Waals surface area contributed by atoms with Crippen LogP contribution in [0.1, 0.15) is 22.3 Å². The van der Waals surface area contributed by atoms with Crippen molar-refractivity contribution in [2.24, 2.45) is 0 Å². The van der Waals surface area contributed by atoms with Gasteiger partial charge in [0.1, 0.15) is 12.4 Å². The molecule has 3 nitrogen and oxygen atoms in total. The molecule has 2 aromatic rings. The second kappa shape index (κ2) is 6.27. The number of aryl methyl sites for hydroxylation is 2. The van der Waals surface area contributed by atoms with E-state index < -0.39 is 5.82 Å². The van der Waals surface area contributed by atoms with Crippen molar-refractivity contribution in [2.45, 2.75) is 20.5 Å². The van der Waals surface area contributed by atoms with Crippen LogP contribution < -0.4 is 9.47 Å². The summed E-state index contributed by atoms with van der Waals surface area (Å²) in [5.41, 5.74) is 3.10. The fourth-order valence-corrected chi connectivity index (χ4v) is 2.20. The lowest BCUT2D eigenvalue weighted by Gasteiger charge is -2.13. The van der Waals surface area contributed by atoms with Crippen LogP contribution in [0.3, 0.4) is 0 Å². The molecule has 0 aliphatic rings. The zero-order valence-electron chi connectivity index (χ0n) is 12.2. The number of methoxy groups -OCH3 is 1. The van der Waals surface area contributed by atoms with E-state index in [1.807, 2.05) is 13.8 Å². The van der Waals surface area contributed by atoms with E-state index in [0.29, 0.717) is 5.56 Å². The van der Waals surface area contributed by atoms with Crippen molar-refractivity contribution >= 4 is 0 Å². The summed E-state index contributed by atoms with van der Waals surface area (Å²) in [6.07, 6.45) is 0. The van der Waals surface area contributed by atoms with E-state index in [1.165, 1.54) is 13.2 Å². The molecule has 0 amide bonds. The van der Waals surface area contributed by atoms with Crippen LogP contribution in [0.25, 0.3) is 0 Å². The highest BCUT2D eigenvalue weighted by Crippen LogP contribution is 2.26. The minimum Gasteiger partial charge on any atom is -0.494 e. The molecule has 0 heterocycles. The van der Waals surface area contributed by atoms with E-state index in [0.717, 1.165) is 22.4 Å². The van der Waals surface area contributed by atoms with E-state index in [2.05, 4.69) is 6.07 Å². The highest BCUT2D eigenvalue weighted by molar-refractivity contribution is 5.47. The Hall–Kier alpha value is -2.54. The Labute approximate surface area is 123 Å². The van der Waals surface area contributed by atoms with Crippen LogP contribution in [-0.2, 0) is 6.61 Å². The van der Waals surface area contributed by atoms with Crippen molar-refractivity contribution in [1.82, 2.24) is 0 Å². The Morgan fingerprint density at radius 3 is 2.33 bits per heavy atom. The monoisotopic (exact) mass is 285 g/mol. The van der Waals surface area contributed by atoms with Gasteiger partial charge in [-0.15, -0.1) is 0 Å². The minimum atomic E-state index is -0.410. The van der Waals surface area contributed by atoms with Crippen molar-refractivity contribution in [3.8, 4) is 17.6 Å². The average Bonchev–Trinajstić information content (AvgIpc) is 2.46. The number of hydrogen-bond acceptors (Lipinski definition) is 3. The van der Waals surface area contributed by atoms with Crippen LogP contribution in [0.4, 0.5) is 4.39 Å². The van der Waals surface area contributed by atoms with Gasteiger partial charge in [-0.05, 0) is 54.8 Å². The highest BCUT2D eigenvalue weighted by Gasteiger charge is 2.08. The summed E-state index contributed by atoms with van der Waals surface area (Å²) < 4.78 is 24.3. The maximum absolute atomic E-state index is 13.6. The maximum Gasteiger partial charge on any atom is 0.165 e. The number of nitriles is 1. The first-order chi connectivity index (χ1) is 10.0. The number of nitrogens with zero attached hydrogens (tertiary/aromatic N) is 1. The van der Waals surface area contributed by atoms with Crippen LogP contribution in [0.15, 0.2) is 30.3 Å². The molecule has 21 heavy (non-hydrogen) atoms. The zero-order valence-corrected chi connectivity index (χ0v) is 12.2. The molecule has 108 valence electrons. The number of benzene rings is 2. The molecule has 2 rings (SSSR count). The first-order valence-electron chi connectivity index (χ1n) is 6.51. The van der Waals surface area contributed by atoms with Crippen molar-refractivity contribution in [3.63, 3.8) is 0 Å². The molecule has 0 N–H and O–H groups in total. The predicted molar refractivity (Wildman–Crippen MR) is 77.9 cm³/mol. The molecule has 0 saturated heterocycles. The van der Waals surface area contributed by atoms with Gasteiger partial charge in [0.05, 0.1) is 18.7 Å². The van der Waals surface area contributed by atoms with Crippen molar-refractivity contribution < 1.29 is 13.9 Å². The Bertz CT molecular complexity index is 681. The molecule has 0 radical (unpaired) electrons. The lowest BCUT2D eigenvalue weighted by molar-refractivity contribution is 0.300. The van der Waals surface area contributed by atoms with E-state index in [1.54, 1.807) is 24.3 Å². The largest absolute Gasteiger partial charge is 0.494 e. The third kappa shape index (κ3) is 3.32. The van der Waals surface area contributed by atoms with Gasteiger partial charge in [-0.25, -0.2) is 4.39 Å². The zero-order chi connectivity index (χ0) is 15.4. The molecular formula is C17H16FNO2. The molecular weight excluding hydrogens is 269 g/mol. The van der Waals surface area contributed by atoms with Crippen LogP contribution >= 0.6 is 0 Å². The van der Waals surface area contributed by atoms with Crippen LogP contribution in [0.2, 0.25) is 0 Å². The molecule has 4 heteroatoms. The molecule has 0 saturated carbocycles. The van der Waals surface area contributed by atoms with Crippen molar-refractivity contribution in [2.75, 3.05) is 7.11 Å². The predicted octanol–water partition coefficient (Wildman–Crippen LogP) is 3.90. The molecule has 2 aromatic carbocycles. The Kier molecular flexibility index (Phi) is 4.44. The quantitative estimate of drug-likeness (QED) is 0.855. The summed E-state index contributed by atoms with van der Waals surface area (Å²) in [6, 6.07) is 10.4. The Morgan fingerprint density at radius 2 is 1.81 bits per heavy atom. The van der Waals surface area contributed by atoms with Crippen LogP contribution in [0, 0.1) is 31.0 Å². The molecule has 0 aromatic heterocycles. The third-order valence-electron chi connectivity index (χ3n) is 3.19. The topological polar surface area (TPSA) is 42.2 Å². The van der Waals surface area contributed by atoms with E-state index in [-0.39, 0.29) is 12.4 Å². The van der Waals surface area contributed by atoms with Crippen LogP contribution in [0.5, 0.6) is 11.5 Å². The van der Waals surface area contributed by atoms with Crippen molar-refractivity contribution in [3.05, 3.63) is 58.4 Å². The number of rotatable bonds is 4.